The lowest BCUT2D eigenvalue weighted by molar-refractivity contribution is -0.136. The largest absolute Gasteiger partial charge is 0.375 e. The molecular formula is C25H32ClFN2O2. The lowest BCUT2D eigenvalue weighted by Gasteiger charge is -2.30. The highest BCUT2D eigenvalue weighted by atomic mass is 35.5. The maximum Gasteiger partial charge on any atom is 0.248 e. The third-order valence-electron chi connectivity index (χ3n) is 5.83. The van der Waals surface area contributed by atoms with Gasteiger partial charge in [0, 0.05) is 50.8 Å². The summed E-state index contributed by atoms with van der Waals surface area (Å²) < 4.78 is 18.6. The van der Waals surface area contributed by atoms with E-state index in [0.717, 1.165) is 35.8 Å². The maximum atomic E-state index is 13.5. The highest BCUT2D eigenvalue weighted by Crippen LogP contribution is 2.35. The molecule has 2 aromatic carbocycles. The summed E-state index contributed by atoms with van der Waals surface area (Å²) in [6, 6.07) is 14.7. The van der Waals surface area contributed by atoms with Gasteiger partial charge in [0.1, 0.15) is 12.4 Å². The van der Waals surface area contributed by atoms with E-state index in [2.05, 4.69) is 24.8 Å². The van der Waals surface area contributed by atoms with Gasteiger partial charge in [-0.1, -0.05) is 55.8 Å². The molecule has 1 aliphatic rings. The second-order valence-corrected chi connectivity index (χ2v) is 9.24. The Kier molecular flexibility index (Phi) is 8.47. The van der Waals surface area contributed by atoms with Crippen LogP contribution in [0.5, 0.6) is 0 Å². The SMILES string of the molecule is COCC(=O)N(CC(C)C)C[C@H]1CN(Cc2ccccc2Cl)C[C@@H]1c1ccc(F)cc1. The lowest BCUT2D eigenvalue weighted by atomic mass is 9.88. The van der Waals surface area contributed by atoms with Crippen molar-refractivity contribution in [1.82, 2.24) is 9.80 Å². The Hall–Kier alpha value is -1.95. The number of benzene rings is 2. The zero-order valence-corrected chi connectivity index (χ0v) is 19.3. The van der Waals surface area contributed by atoms with Crippen molar-refractivity contribution in [2.75, 3.05) is 39.9 Å². The van der Waals surface area contributed by atoms with Crippen LogP contribution in [0, 0.1) is 17.7 Å². The fourth-order valence-electron chi connectivity index (χ4n) is 4.45. The molecule has 0 N–H and O–H groups in total. The van der Waals surface area contributed by atoms with E-state index in [1.54, 1.807) is 7.11 Å². The Morgan fingerprint density at radius 1 is 1.19 bits per heavy atom. The van der Waals surface area contributed by atoms with E-state index in [0.29, 0.717) is 19.0 Å². The Labute approximate surface area is 189 Å². The molecule has 3 rings (SSSR count). The van der Waals surface area contributed by atoms with E-state index < -0.39 is 0 Å². The number of methoxy groups -OCH3 is 1. The summed E-state index contributed by atoms with van der Waals surface area (Å²) in [5.41, 5.74) is 2.20. The minimum atomic E-state index is -0.233. The lowest BCUT2D eigenvalue weighted by Crippen LogP contribution is -2.41. The van der Waals surface area contributed by atoms with E-state index in [1.807, 2.05) is 35.2 Å². The third-order valence-corrected chi connectivity index (χ3v) is 6.20. The van der Waals surface area contributed by atoms with Crippen molar-refractivity contribution < 1.29 is 13.9 Å². The number of carbonyl (C=O) groups excluding carboxylic acids is 1. The molecule has 1 amide bonds. The summed E-state index contributed by atoms with van der Waals surface area (Å²) >= 11 is 6.39. The standard InChI is InChI=1S/C25H32ClFN2O2/c1-18(2)12-29(25(30)17-31-3)15-21-14-28(13-20-6-4-5-7-24(20)26)16-23(21)19-8-10-22(27)11-9-19/h4-11,18,21,23H,12-17H2,1-3H3/t21-,23-/m1/s1. The minimum absolute atomic E-state index is 0.0126. The molecule has 31 heavy (non-hydrogen) atoms. The van der Waals surface area contributed by atoms with Crippen LogP contribution in [0.15, 0.2) is 48.5 Å². The monoisotopic (exact) mass is 446 g/mol. The number of amides is 1. The molecule has 0 saturated carbocycles. The molecule has 4 nitrogen and oxygen atoms in total. The average Bonchev–Trinajstić information content (AvgIpc) is 3.12. The average molecular weight is 447 g/mol. The van der Waals surface area contributed by atoms with Crippen LogP contribution >= 0.6 is 11.6 Å². The van der Waals surface area contributed by atoms with Crippen molar-refractivity contribution in [3.8, 4) is 0 Å². The molecule has 0 unspecified atom stereocenters. The van der Waals surface area contributed by atoms with Gasteiger partial charge < -0.3 is 9.64 Å². The molecule has 1 saturated heterocycles. The fraction of sp³-hybridized carbons (Fsp3) is 0.480. The predicted octanol–water partition coefficient (Wildman–Crippen LogP) is 4.83. The number of ether oxygens (including phenoxy) is 1. The van der Waals surface area contributed by atoms with Crippen LogP contribution in [0.3, 0.4) is 0 Å². The van der Waals surface area contributed by atoms with Gasteiger partial charge >= 0.3 is 0 Å². The van der Waals surface area contributed by atoms with Gasteiger partial charge in [-0.15, -0.1) is 0 Å². The van der Waals surface area contributed by atoms with Gasteiger partial charge in [0.15, 0.2) is 0 Å². The van der Waals surface area contributed by atoms with Gasteiger partial charge in [-0.25, -0.2) is 4.39 Å². The van der Waals surface area contributed by atoms with Crippen LogP contribution in [0.25, 0.3) is 0 Å². The van der Waals surface area contributed by atoms with Crippen molar-refractivity contribution in [2.45, 2.75) is 26.3 Å². The van der Waals surface area contributed by atoms with E-state index in [9.17, 15) is 9.18 Å². The first kappa shape index (κ1) is 23.7. The Bertz CT molecular complexity index is 859. The van der Waals surface area contributed by atoms with Crippen LogP contribution in [-0.2, 0) is 16.1 Å². The van der Waals surface area contributed by atoms with Gasteiger partial charge in [-0.05, 0) is 41.2 Å². The summed E-state index contributed by atoms with van der Waals surface area (Å²) in [4.78, 5) is 17.0. The molecule has 6 heteroatoms. The Balaban J connectivity index is 1.81. The van der Waals surface area contributed by atoms with E-state index >= 15 is 0 Å². The zero-order chi connectivity index (χ0) is 22.4. The van der Waals surface area contributed by atoms with E-state index in [-0.39, 0.29) is 30.2 Å². The summed E-state index contributed by atoms with van der Waals surface area (Å²) in [7, 11) is 1.55. The second kappa shape index (κ2) is 11.1. The quantitative estimate of drug-likeness (QED) is 0.553. The highest BCUT2D eigenvalue weighted by molar-refractivity contribution is 6.31. The number of halogens is 2. The highest BCUT2D eigenvalue weighted by Gasteiger charge is 2.36. The molecule has 1 heterocycles. The van der Waals surface area contributed by atoms with Gasteiger partial charge in [-0.2, -0.15) is 0 Å². The van der Waals surface area contributed by atoms with Crippen molar-refractivity contribution in [1.29, 1.82) is 0 Å². The number of rotatable bonds is 9. The first-order valence-electron chi connectivity index (χ1n) is 10.8. The van der Waals surface area contributed by atoms with Crippen LogP contribution in [0.4, 0.5) is 4.39 Å². The molecule has 1 fully saturated rings. The number of nitrogens with zero attached hydrogens (tertiary/aromatic N) is 2. The normalized spacial score (nSPS) is 19.2. The molecule has 2 aromatic rings. The van der Waals surface area contributed by atoms with Gasteiger partial charge in [0.05, 0.1) is 0 Å². The molecule has 0 radical (unpaired) electrons. The predicted molar refractivity (Wildman–Crippen MR) is 123 cm³/mol. The number of hydrogen-bond acceptors (Lipinski definition) is 3. The van der Waals surface area contributed by atoms with Crippen LogP contribution in [0.2, 0.25) is 5.02 Å². The molecule has 2 atom stereocenters. The van der Waals surface area contributed by atoms with E-state index in [4.69, 9.17) is 16.3 Å². The molecule has 1 aliphatic heterocycles. The number of likely N-dealkylation sites (tertiary alicyclic amines) is 1. The topological polar surface area (TPSA) is 32.8 Å². The van der Waals surface area contributed by atoms with Crippen LogP contribution in [-0.4, -0.2) is 55.6 Å². The van der Waals surface area contributed by atoms with Crippen LogP contribution in [0.1, 0.15) is 30.9 Å². The fourth-order valence-corrected chi connectivity index (χ4v) is 4.64. The summed E-state index contributed by atoms with van der Waals surface area (Å²) in [5, 5.41) is 0.765. The molecule has 0 aliphatic carbocycles. The van der Waals surface area contributed by atoms with Crippen molar-refractivity contribution in [3.63, 3.8) is 0 Å². The van der Waals surface area contributed by atoms with Crippen LogP contribution < -0.4 is 0 Å². The van der Waals surface area contributed by atoms with Crippen molar-refractivity contribution >= 4 is 17.5 Å². The number of hydrogen-bond donors (Lipinski definition) is 0. The molecule has 168 valence electrons. The maximum absolute atomic E-state index is 13.5. The number of carbonyl (C=O) groups is 1. The molecule has 0 bridgehead atoms. The first-order chi connectivity index (χ1) is 14.9. The van der Waals surface area contributed by atoms with Gasteiger partial charge in [0.25, 0.3) is 0 Å². The molecular weight excluding hydrogens is 415 g/mol. The van der Waals surface area contributed by atoms with Gasteiger partial charge in [-0.3, -0.25) is 9.69 Å². The van der Waals surface area contributed by atoms with Crippen molar-refractivity contribution in [2.24, 2.45) is 11.8 Å². The smallest absolute Gasteiger partial charge is 0.248 e. The second-order valence-electron chi connectivity index (χ2n) is 8.83. The van der Waals surface area contributed by atoms with Crippen molar-refractivity contribution in [3.05, 3.63) is 70.5 Å². The Morgan fingerprint density at radius 3 is 2.55 bits per heavy atom. The summed E-state index contributed by atoms with van der Waals surface area (Å²) in [6.07, 6.45) is 0. The van der Waals surface area contributed by atoms with E-state index in [1.165, 1.54) is 12.1 Å². The molecule has 0 spiro atoms. The summed E-state index contributed by atoms with van der Waals surface area (Å²) in [6.45, 7) is 8.11. The first-order valence-corrected chi connectivity index (χ1v) is 11.2. The summed E-state index contributed by atoms with van der Waals surface area (Å²) in [5.74, 6) is 0.604. The minimum Gasteiger partial charge on any atom is -0.375 e. The Morgan fingerprint density at radius 2 is 1.90 bits per heavy atom. The zero-order valence-electron chi connectivity index (χ0n) is 18.6. The third kappa shape index (κ3) is 6.52. The molecule has 0 aromatic heterocycles. The van der Waals surface area contributed by atoms with Gasteiger partial charge in [0.2, 0.25) is 5.91 Å².